The van der Waals surface area contributed by atoms with Crippen LogP contribution in [0.5, 0.6) is 5.75 Å². The zero-order valence-corrected chi connectivity index (χ0v) is 22.5. The molecule has 0 unspecified atom stereocenters. The summed E-state index contributed by atoms with van der Waals surface area (Å²) in [5.74, 6) is 0.438. The van der Waals surface area contributed by atoms with Gasteiger partial charge in [-0.15, -0.1) is 0 Å². The van der Waals surface area contributed by atoms with Crippen molar-refractivity contribution in [2.24, 2.45) is 5.92 Å². The first-order chi connectivity index (χ1) is 17.7. The fourth-order valence-corrected chi connectivity index (χ4v) is 4.67. The van der Waals surface area contributed by atoms with Crippen molar-refractivity contribution in [1.82, 2.24) is 4.98 Å². The summed E-state index contributed by atoms with van der Waals surface area (Å²) >= 11 is 0. The van der Waals surface area contributed by atoms with Crippen molar-refractivity contribution in [3.63, 3.8) is 0 Å². The lowest BCUT2D eigenvalue weighted by molar-refractivity contribution is -0.206. The quantitative estimate of drug-likeness (QED) is 0.204. The second-order valence-corrected chi connectivity index (χ2v) is 10.2. The number of ether oxygens (including phenoxy) is 3. The Hall–Kier alpha value is -1.98. The molecule has 0 bridgehead atoms. The molecule has 5 heteroatoms. The third-order valence-corrected chi connectivity index (χ3v) is 6.97. The van der Waals surface area contributed by atoms with E-state index in [1.807, 2.05) is 18.2 Å². The molecule has 0 N–H and O–H groups in total. The Morgan fingerprint density at radius 2 is 1.50 bits per heavy atom. The molecule has 0 radical (unpaired) electrons. The van der Waals surface area contributed by atoms with Gasteiger partial charge >= 0.3 is 0 Å². The smallest absolute Gasteiger partial charge is 0.185 e. The second kappa shape index (κ2) is 16.7. The van der Waals surface area contributed by atoms with Crippen LogP contribution in [0.15, 0.2) is 36.5 Å². The Labute approximate surface area is 218 Å². The van der Waals surface area contributed by atoms with Crippen LogP contribution in [0.2, 0.25) is 0 Å². The summed E-state index contributed by atoms with van der Waals surface area (Å²) < 4.78 is 32.2. The zero-order chi connectivity index (χ0) is 25.4. The van der Waals surface area contributed by atoms with Crippen molar-refractivity contribution in [3.8, 4) is 17.0 Å². The maximum absolute atomic E-state index is 14.6. The minimum atomic E-state index is -0.373. The van der Waals surface area contributed by atoms with Crippen molar-refractivity contribution in [2.75, 3.05) is 19.8 Å². The molecule has 2 heterocycles. The van der Waals surface area contributed by atoms with Crippen LogP contribution in [0.25, 0.3) is 11.3 Å². The van der Waals surface area contributed by atoms with E-state index in [9.17, 15) is 4.39 Å². The number of rotatable bonds is 17. The zero-order valence-electron chi connectivity index (χ0n) is 22.5. The highest BCUT2D eigenvalue weighted by molar-refractivity contribution is 5.60. The summed E-state index contributed by atoms with van der Waals surface area (Å²) in [4.78, 5) is 4.54. The van der Waals surface area contributed by atoms with E-state index in [2.05, 4.69) is 18.8 Å². The molecule has 4 nitrogen and oxygen atoms in total. The number of halogens is 1. The molecule has 0 amide bonds. The van der Waals surface area contributed by atoms with Crippen LogP contribution in [0.3, 0.4) is 0 Å². The van der Waals surface area contributed by atoms with E-state index in [1.54, 1.807) is 12.3 Å². The third-order valence-electron chi connectivity index (χ3n) is 6.97. The van der Waals surface area contributed by atoms with Crippen molar-refractivity contribution in [1.29, 1.82) is 0 Å². The molecule has 0 aliphatic carbocycles. The molecule has 0 atom stereocenters. The maximum Gasteiger partial charge on any atom is 0.185 e. The largest absolute Gasteiger partial charge is 0.491 e. The van der Waals surface area contributed by atoms with E-state index < -0.39 is 0 Å². The lowest BCUT2D eigenvalue weighted by Crippen LogP contribution is -2.27. The number of unbranched alkanes of at least 4 members (excludes halogenated alkanes) is 10. The van der Waals surface area contributed by atoms with Gasteiger partial charge in [0, 0.05) is 23.2 Å². The second-order valence-electron chi connectivity index (χ2n) is 10.2. The Morgan fingerprint density at radius 1 is 0.833 bits per heavy atom. The molecule has 1 aromatic heterocycles. The lowest BCUT2D eigenvalue weighted by Gasteiger charge is -2.29. The fourth-order valence-electron chi connectivity index (χ4n) is 4.67. The van der Waals surface area contributed by atoms with E-state index >= 15 is 0 Å². The SMILES string of the molecule is CCCCCCCCOc1ccc(-c2ccc([C@H]3OC[C@H](CCCCCCCC)CO3)cn2)cc1F. The molecule has 1 aliphatic heterocycles. The molecular weight excluding hydrogens is 453 g/mol. The first-order valence-electron chi connectivity index (χ1n) is 14.3. The number of hydrogen-bond donors (Lipinski definition) is 0. The highest BCUT2D eigenvalue weighted by Crippen LogP contribution is 2.29. The summed E-state index contributed by atoms with van der Waals surface area (Å²) in [5, 5.41) is 0. The molecule has 2 aromatic rings. The van der Waals surface area contributed by atoms with Gasteiger partial charge in [-0.2, -0.15) is 0 Å². The van der Waals surface area contributed by atoms with Gasteiger partial charge in [0.2, 0.25) is 0 Å². The highest BCUT2D eigenvalue weighted by atomic mass is 19.1. The number of nitrogens with zero attached hydrogens (tertiary/aromatic N) is 1. The van der Waals surface area contributed by atoms with Crippen LogP contribution in [0.1, 0.15) is 109 Å². The predicted octanol–water partition coefficient (Wildman–Crippen LogP) is 9.04. The number of benzene rings is 1. The first-order valence-corrected chi connectivity index (χ1v) is 14.3. The average Bonchev–Trinajstić information content (AvgIpc) is 2.91. The summed E-state index contributed by atoms with van der Waals surface area (Å²) in [5.41, 5.74) is 2.35. The number of hydrogen-bond acceptors (Lipinski definition) is 4. The van der Waals surface area contributed by atoms with E-state index in [4.69, 9.17) is 14.2 Å². The van der Waals surface area contributed by atoms with Crippen LogP contribution in [-0.4, -0.2) is 24.8 Å². The first kappa shape index (κ1) is 28.6. The normalized spacial score (nSPS) is 17.9. The van der Waals surface area contributed by atoms with Crippen LogP contribution in [-0.2, 0) is 9.47 Å². The van der Waals surface area contributed by atoms with Crippen LogP contribution >= 0.6 is 0 Å². The van der Waals surface area contributed by atoms with E-state index in [-0.39, 0.29) is 12.1 Å². The van der Waals surface area contributed by atoms with Gasteiger partial charge < -0.3 is 14.2 Å². The van der Waals surface area contributed by atoms with Crippen LogP contribution < -0.4 is 4.74 Å². The third kappa shape index (κ3) is 9.82. The summed E-state index contributed by atoms with van der Waals surface area (Å²) in [6.07, 6.45) is 17.5. The van der Waals surface area contributed by atoms with Gasteiger partial charge in [0.25, 0.3) is 0 Å². The summed E-state index contributed by atoms with van der Waals surface area (Å²) in [7, 11) is 0. The molecule has 36 heavy (non-hydrogen) atoms. The Bertz CT molecular complexity index is 849. The molecular formula is C31H46FNO3. The molecule has 3 rings (SSSR count). The van der Waals surface area contributed by atoms with Gasteiger partial charge in [-0.05, 0) is 37.1 Å². The van der Waals surface area contributed by atoms with E-state index in [0.29, 0.717) is 18.3 Å². The minimum absolute atomic E-state index is 0.309. The van der Waals surface area contributed by atoms with Gasteiger partial charge in [-0.25, -0.2) is 4.39 Å². The van der Waals surface area contributed by atoms with E-state index in [0.717, 1.165) is 42.9 Å². The van der Waals surface area contributed by atoms with Crippen molar-refractivity contribution in [2.45, 2.75) is 104 Å². The van der Waals surface area contributed by atoms with E-state index in [1.165, 1.54) is 76.7 Å². The summed E-state index contributed by atoms with van der Waals surface area (Å²) in [6, 6.07) is 8.92. The summed E-state index contributed by atoms with van der Waals surface area (Å²) in [6.45, 7) is 6.47. The van der Waals surface area contributed by atoms with Gasteiger partial charge in [0.1, 0.15) is 0 Å². The predicted molar refractivity (Wildman–Crippen MR) is 145 cm³/mol. The Morgan fingerprint density at radius 3 is 2.14 bits per heavy atom. The molecule has 200 valence electrons. The number of pyridine rings is 1. The monoisotopic (exact) mass is 499 g/mol. The standard InChI is InChI=1S/C31H46FNO3/c1-3-5-7-9-11-13-15-25-23-35-31(36-24-25)27-16-18-29(33-22-27)26-17-19-30(28(32)21-26)34-20-14-12-10-8-6-4-2/h16-19,21-22,25,31H,3-15,20,23-24H2,1-2H3/t25-,31-. The van der Waals surface area contributed by atoms with Gasteiger partial charge in [-0.1, -0.05) is 90.5 Å². The highest BCUT2D eigenvalue weighted by Gasteiger charge is 2.23. The van der Waals surface area contributed by atoms with Gasteiger partial charge in [-0.3, -0.25) is 4.98 Å². The molecule has 0 saturated carbocycles. The van der Waals surface area contributed by atoms with Crippen molar-refractivity contribution < 1.29 is 18.6 Å². The maximum atomic E-state index is 14.6. The van der Waals surface area contributed by atoms with Gasteiger partial charge in [0.15, 0.2) is 17.9 Å². The topological polar surface area (TPSA) is 40.6 Å². The number of aromatic nitrogens is 1. The lowest BCUT2D eigenvalue weighted by atomic mass is 10.0. The molecule has 1 aliphatic rings. The fraction of sp³-hybridized carbons (Fsp3) is 0.645. The molecule has 1 aromatic carbocycles. The molecule has 0 spiro atoms. The van der Waals surface area contributed by atoms with Gasteiger partial charge in [0.05, 0.1) is 25.5 Å². The Balaban J connectivity index is 1.40. The van der Waals surface area contributed by atoms with Crippen LogP contribution in [0.4, 0.5) is 4.39 Å². The van der Waals surface area contributed by atoms with Crippen LogP contribution in [0, 0.1) is 11.7 Å². The minimum Gasteiger partial charge on any atom is -0.491 e. The average molecular weight is 500 g/mol. The van der Waals surface area contributed by atoms with Crippen molar-refractivity contribution >= 4 is 0 Å². The molecule has 1 fully saturated rings. The van der Waals surface area contributed by atoms with Crippen molar-refractivity contribution in [3.05, 3.63) is 47.9 Å². The molecule has 1 saturated heterocycles. The Kier molecular flexibility index (Phi) is 13.3.